The molecule has 0 bridgehead atoms. The van der Waals surface area contributed by atoms with Crippen molar-refractivity contribution in [3.05, 3.63) is 46.7 Å². The predicted molar refractivity (Wildman–Crippen MR) is 74.7 cm³/mol. The SMILES string of the molecule is Cn1cc(Cl)c(C(=O)N2CCCc3ccccc32)n1. The molecule has 1 aromatic carbocycles. The van der Waals surface area contributed by atoms with E-state index in [0.717, 1.165) is 18.5 Å². The van der Waals surface area contributed by atoms with Crippen LogP contribution in [-0.4, -0.2) is 22.2 Å². The zero-order chi connectivity index (χ0) is 13.4. The molecule has 0 aliphatic carbocycles. The van der Waals surface area contributed by atoms with Gasteiger partial charge in [-0.25, -0.2) is 0 Å². The van der Waals surface area contributed by atoms with Gasteiger partial charge in [-0.1, -0.05) is 29.8 Å². The number of amides is 1. The van der Waals surface area contributed by atoms with Crippen molar-refractivity contribution in [3.63, 3.8) is 0 Å². The monoisotopic (exact) mass is 275 g/mol. The highest BCUT2D eigenvalue weighted by atomic mass is 35.5. The van der Waals surface area contributed by atoms with Gasteiger partial charge in [0.05, 0.1) is 5.02 Å². The number of benzene rings is 1. The average molecular weight is 276 g/mol. The van der Waals surface area contributed by atoms with E-state index in [9.17, 15) is 4.79 Å². The first-order valence-electron chi connectivity index (χ1n) is 6.26. The zero-order valence-electron chi connectivity index (χ0n) is 10.6. The van der Waals surface area contributed by atoms with Gasteiger partial charge in [-0.3, -0.25) is 9.48 Å². The van der Waals surface area contributed by atoms with Crippen molar-refractivity contribution in [2.75, 3.05) is 11.4 Å². The molecule has 0 radical (unpaired) electrons. The number of nitrogens with zero attached hydrogens (tertiary/aromatic N) is 3. The molecule has 0 spiro atoms. The van der Waals surface area contributed by atoms with Crippen LogP contribution in [0.25, 0.3) is 0 Å². The number of carbonyl (C=O) groups excluding carboxylic acids is 1. The highest BCUT2D eigenvalue weighted by Crippen LogP contribution is 2.29. The summed E-state index contributed by atoms with van der Waals surface area (Å²) in [6.07, 6.45) is 3.62. The molecule has 2 heterocycles. The molecule has 0 N–H and O–H groups in total. The van der Waals surface area contributed by atoms with E-state index in [-0.39, 0.29) is 5.91 Å². The third kappa shape index (κ3) is 2.12. The van der Waals surface area contributed by atoms with Crippen LogP contribution < -0.4 is 4.90 Å². The van der Waals surface area contributed by atoms with Crippen molar-refractivity contribution in [2.45, 2.75) is 12.8 Å². The van der Waals surface area contributed by atoms with E-state index in [1.165, 1.54) is 5.56 Å². The summed E-state index contributed by atoms with van der Waals surface area (Å²) in [5, 5.41) is 4.55. The van der Waals surface area contributed by atoms with Crippen LogP contribution in [0.1, 0.15) is 22.5 Å². The molecular weight excluding hydrogens is 262 g/mol. The molecule has 1 aliphatic heterocycles. The minimum atomic E-state index is -0.127. The van der Waals surface area contributed by atoms with Gasteiger partial charge in [0.25, 0.3) is 5.91 Å². The number of hydrogen-bond donors (Lipinski definition) is 0. The maximum absolute atomic E-state index is 12.6. The van der Waals surface area contributed by atoms with Gasteiger partial charge in [-0.15, -0.1) is 0 Å². The molecule has 3 rings (SSSR count). The van der Waals surface area contributed by atoms with Crippen LogP contribution >= 0.6 is 11.6 Å². The fraction of sp³-hybridized carbons (Fsp3) is 0.286. The summed E-state index contributed by atoms with van der Waals surface area (Å²) >= 11 is 6.06. The van der Waals surface area contributed by atoms with Crippen molar-refractivity contribution in [1.29, 1.82) is 0 Å². The lowest BCUT2D eigenvalue weighted by Gasteiger charge is -2.28. The summed E-state index contributed by atoms with van der Waals surface area (Å²) in [7, 11) is 1.76. The normalized spacial score (nSPS) is 14.3. The topological polar surface area (TPSA) is 38.1 Å². The molecule has 0 saturated heterocycles. The first-order chi connectivity index (χ1) is 9.16. The van der Waals surface area contributed by atoms with E-state index in [4.69, 9.17) is 11.6 Å². The van der Waals surface area contributed by atoms with Gasteiger partial charge in [0.1, 0.15) is 0 Å². The number of fused-ring (bicyclic) bond motifs is 1. The Hall–Kier alpha value is -1.81. The quantitative estimate of drug-likeness (QED) is 0.802. The van der Waals surface area contributed by atoms with Gasteiger partial charge < -0.3 is 4.90 Å². The van der Waals surface area contributed by atoms with E-state index in [1.54, 1.807) is 22.8 Å². The highest BCUT2D eigenvalue weighted by molar-refractivity contribution is 6.34. The Morgan fingerprint density at radius 1 is 1.37 bits per heavy atom. The third-order valence-corrected chi connectivity index (χ3v) is 3.62. The van der Waals surface area contributed by atoms with Crippen LogP contribution in [0.5, 0.6) is 0 Å². The van der Waals surface area contributed by atoms with Gasteiger partial charge in [0.15, 0.2) is 5.69 Å². The Bertz CT molecular complexity index is 635. The minimum Gasteiger partial charge on any atom is -0.307 e. The molecule has 4 nitrogen and oxygen atoms in total. The predicted octanol–water partition coefficient (Wildman–Crippen LogP) is 2.67. The summed E-state index contributed by atoms with van der Waals surface area (Å²) < 4.78 is 1.56. The number of halogens is 1. The highest BCUT2D eigenvalue weighted by Gasteiger charge is 2.26. The third-order valence-electron chi connectivity index (χ3n) is 3.34. The Labute approximate surface area is 116 Å². The number of aromatic nitrogens is 2. The molecule has 1 amide bonds. The van der Waals surface area contributed by atoms with Crippen LogP contribution in [0, 0.1) is 0 Å². The number of rotatable bonds is 1. The fourth-order valence-electron chi connectivity index (χ4n) is 2.48. The molecule has 5 heteroatoms. The van der Waals surface area contributed by atoms with E-state index in [1.807, 2.05) is 18.2 Å². The van der Waals surface area contributed by atoms with Crippen LogP contribution in [0.4, 0.5) is 5.69 Å². The summed E-state index contributed by atoms with van der Waals surface area (Å²) in [6, 6.07) is 7.99. The first kappa shape index (κ1) is 12.2. The molecule has 98 valence electrons. The molecule has 0 atom stereocenters. The van der Waals surface area contributed by atoms with E-state index >= 15 is 0 Å². The van der Waals surface area contributed by atoms with E-state index in [2.05, 4.69) is 11.2 Å². The molecule has 19 heavy (non-hydrogen) atoms. The second-order valence-corrected chi connectivity index (χ2v) is 5.10. The lowest BCUT2D eigenvalue weighted by molar-refractivity contribution is 0.0980. The van der Waals surface area contributed by atoms with Crippen LogP contribution in [0.2, 0.25) is 5.02 Å². The Morgan fingerprint density at radius 2 is 2.16 bits per heavy atom. The smallest absolute Gasteiger partial charge is 0.280 e. The molecule has 1 aromatic heterocycles. The molecular formula is C14H14ClN3O. The molecule has 2 aromatic rings. The van der Waals surface area contributed by atoms with E-state index in [0.29, 0.717) is 17.3 Å². The van der Waals surface area contributed by atoms with Crippen molar-refractivity contribution in [2.24, 2.45) is 7.05 Å². The Kier molecular flexibility index (Phi) is 3.03. The standard InChI is InChI=1S/C14H14ClN3O/c1-17-9-11(15)13(16-17)14(19)18-8-4-6-10-5-2-3-7-12(10)18/h2-3,5,7,9H,4,6,8H2,1H3. The summed E-state index contributed by atoms with van der Waals surface area (Å²) in [5.74, 6) is -0.127. The van der Waals surface area contributed by atoms with Gasteiger partial charge >= 0.3 is 0 Å². The van der Waals surface area contributed by atoms with Crippen molar-refractivity contribution in [1.82, 2.24) is 9.78 Å². The second-order valence-electron chi connectivity index (χ2n) is 4.69. The average Bonchev–Trinajstić information content (AvgIpc) is 2.76. The Balaban J connectivity index is 2.00. The lowest BCUT2D eigenvalue weighted by atomic mass is 10.0. The van der Waals surface area contributed by atoms with E-state index < -0.39 is 0 Å². The van der Waals surface area contributed by atoms with Gasteiger partial charge in [0, 0.05) is 25.5 Å². The van der Waals surface area contributed by atoms with Crippen LogP contribution in [0.15, 0.2) is 30.5 Å². The summed E-state index contributed by atoms with van der Waals surface area (Å²) in [5.41, 5.74) is 2.50. The summed E-state index contributed by atoms with van der Waals surface area (Å²) in [4.78, 5) is 14.3. The van der Waals surface area contributed by atoms with Crippen molar-refractivity contribution >= 4 is 23.2 Å². The van der Waals surface area contributed by atoms with Crippen molar-refractivity contribution < 1.29 is 4.79 Å². The Morgan fingerprint density at radius 3 is 2.89 bits per heavy atom. The molecule has 1 aliphatic rings. The van der Waals surface area contributed by atoms with Crippen molar-refractivity contribution in [3.8, 4) is 0 Å². The number of hydrogen-bond acceptors (Lipinski definition) is 2. The molecule has 0 fully saturated rings. The van der Waals surface area contributed by atoms with Crippen LogP contribution in [-0.2, 0) is 13.5 Å². The number of aryl methyl sites for hydroxylation is 2. The number of carbonyl (C=O) groups is 1. The van der Waals surface area contributed by atoms with Gasteiger partial charge in [-0.05, 0) is 24.5 Å². The number of para-hydroxylation sites is 1. The van der Waals surface area contributed by atoms with Gasteiger partial charge in [0.2, 0.25) is 0 Å². The first-order valence-corrected chi connectivity index (χ1v) is 6.63. The van der Waals surface area contributed by atoms with Gasteiger partial charge in [-0.2, -0.15) is 5.10 Å². The fourth-order valence-corrected chi connectivity index (χ4v) is 2.74. The molecule has 0 unspecified atom stereocenters. The minimum absolute atomic E-state index is 0.127. The lowest BCUT2D eigenvalue weighted by Crippen LogP contribution is -2.35. The zero-order valence-corrected chi connectivity index (χ0v) is 11.4. The largest absolute Gasteiger partial charge is 0.307 e. The summed E-state index contributed by atoms with van der Waals surface area (Å²) in [6.45, 7) is 0.711. The maximum atomic E-state index is 12.6. The molecule has 0 saturated carbocycles. The number of anilines is 1. The maximum Gasteiger partial charge on any atom is 0.280 e. The van der Waals surface area contributed by atoms with Crippen LogP contribution in [0.3, 0.4) is 0 Å². The second kappa shape index (κ2) is 4.70.